The van der Waals surface area contributed by atoms with Crippen LogP contribution < -0.4 is 5.32 Å². The topological polar surface area (TPSA) is 77.2 Å². The minimum absolute atomic E-state index is 0.105. The number of hydrogen-bond acceptors (Lipinski definition) is 6. The monoisotopic (exact) mass is 337 g/mol. The Hall–Kier alpha value is -1.93. The first-order chi connectivity index (χ1) is 11.2. The lowest BCUT2D eigenvalue weighted by Gasteiger charge is -2.09. The number of benzene rings is 1. The summed E-state index contributed by atoms with van der Waals surface area (Å²) in [5.74, 6) is 0.0580. The zero-order valence-electron chi connectivity index (χ0n) is 12.3. The van der Waals surface area contributed by atoms with Gasteiger partial charge in [0, 0.05) is 18.7 Å². The average Bonchev–Trinajstić information content (AvgIpc) is 3.23. The van der Waals surface area contributed by atoms with Crippen molar-refractivity contribution in [2.75, 3.05) is 18.9 Å². The molecule has 3 rings (SSSR count). The normalized spacial score (nSPS) is 17.3. The molecule has 1 N–H and O–H groups in total. The Labute approximate surface area is 136 Å². The Morgan fingerprint density at radius 2 is 2.17 bits per heavy atom. The Bertz CT molecular complexity index is 656. The van der Waals surface area contributed by atoms with Crippen LogP contribution >= 0.6 is 11.8 Å². The minimum atomic E-state index is -0.328. The maximum atomic E-state index is 12.9. The molecule has 23 heavy (non-hydrogen) atoms. The molecule has 2 heterocycles. The molecule has 0 unspecified atom stereocenters. The minimum Gasteiger partial charge on any atom is -0.411 e. The number of carbonyl (C=O) groups excluding carboxylic acids is 1. The van der Waals surface area contributed by atoms with E-state index in [1.807, 2.05) is 0 Å². The lowest BCUT2D eigenvalue weighted by Crippen LogP contribution is -2.32. The molecular formula is C15H16FN3O3S. The molecule has 1 aromatic heterocycles. The van der Waals surface area contributed by atoms with E-state index in [9.17, 15) is 9.18 Å². The molecule has 0 radical (unpaired) electrons. The molecule has 1 aliphatic heterocycles. The molecule has 1 amide bonds. The van der Waals surface area contributed by atoms with E-state index in [1.165, 1.54) is 12.1 Å². The first-order valence-corrected chi connectivity index (χ1v) is 8.30. The van der Waals surface area contributed by atoms with Crippen LogP contribution in [-0.2, 0) is 9.53 Å². The van der Waals surface area contributed by atoms with Gasteiger partial charge in [-0.05, 0) is 37.1 Å². The highest BCUT2D eigenvalue weighted by atomic mass is 32.2. The second-order valence-electron chi connectivity index (χ2n) is 5.11. The number of hydrogen-bond donors (Lipinski definition) is 1. The summed E-state index contributed by atoms with van der Waals surface area (Å²) in [5.41, 5.74) is 0.633. The van der Waals surface area contributed by atoms with Gasteiger partial charge in [0.05, 0.1) is 11.9 Å². The van der Waals surface area contributed by atoms with Gasteiger partial charge in [0.2, 0.25) is 11.8 Å². The number of carbonyl (C=O) groups is 1. The molecule has 2 aromatic rings. The largest absolute Gasteiger partial charge is 0.411 e. The lowest BCUT2D eigenvalue weighted by atomic mass is 10.2. The Balaban J connectivity index is 1.47. The SMILES string of the molecule is O=C(CSc1nnc(-c2ccc(F)cc2)o1)NC[C@@H]1CCCO1. The van der Waals surface area contributed by atoms with Gasteiger partial charge >= 0.3 is 0 Å². The molecule has 0 bridgehead atoms. The van der Waals surface area contributed by atoms with Crippen LogP contribution in [0, 0.1) is 5.82 Å². The first kappa shape index (κ1) is 15.9. The zero-order valence-corrected chi connectivity index (χ0v) is 13.1. The standard InChI is InChI=1S/C15H16FN3O3S/c16-11-5-3-10(4-6-11)14-18-19-15(22-14)23-9-13(20)17-8-12-2-1-7-21-12/h3-6,12H,1-2,7-9H2,(H,17,20)/t12-/m0/s1. The fraction of sp³-hybridized carbons (Fsp3) is 0.400. The molecule has 1 fully saturated rings. The van der Waals surface area contributed by atoms with Crippen molar-refractivity contribution in [2.45, 2.75) is 24.2 Å². The van der Waals surface area contributed by atoms with Gasteiger partial charge in [-0.1, -0.05) is 11.8 Å². The molecule has 1 aliphatic rings. The van der Waals surface area contributed by atoms with Crippen LogP contribution in [0.25, 0.3) is 11.5 Å². The summed E-state index contributed by atoms with van der Waals surface area (Å²) in [6.45, 7) is 1.30. The third-order valence-electron chi connectivity index (χ3n) is 3.38. The summed E-state index contributed by atoms with van der Waals surface area (Å²) >= 11 is 1.16. The van der Waals surface area contributed by atoms with Crippen molar-refractivity contribution in [3.05, 3.63) is 30.1 Å². The van der Waals surface area contributed by atoms with Crippen molar-refractivity contribution < 1.29 is 18.3 Å². The molecule has 1 aromatic carbocycles. The van der Waals surface area contributed by atoms with Crippen molar-refractivity contribution in [3.8, 4) is 11.5 Å². The molecule has 1 saturated heterocycles. The van der Waals surface area contributed by atoms with E-state index in [2.05, 4.69) is 15.5 Å². The number of amides is 1. The number of halogens is 1. The number of thioether (sulfide) groups is 1. The Morgan fingerprint density at radius 1 is 1.35 bits per heavy atom. The number of ether oxygens (including phenoxy) is 1. The van der Waals surface area contributed by atoms with E-state index in [-0.39, 0.29) is 23.6 Å². The summed E-state index contributed by atoms with van der Waals surface area (Å²) in [4.78, 5) is 11.8. The lowest BCUT2D eigenvalue weighted by molar-refractivity contribution is -0.119. The van der Waals surface area contributed by atoms with Crippen molar-refractivity contribution in [1.82, 2.24) is 15.5 Å². The highest BCUT2D eigenvalue weighted by Gasteiger charge is 2.17. The van der Waals surface area contributed by atoms with E-state index in [4.69, 9.17) is 9.15 Å². The van der Waals surface area contributed by atoms with Gasteiger partial charge in [0.1, 0.15) is 5.82 Å². The molecule has 8 heteroatoms. The third kappa shape index (κ3) is 4.52. The van der Waals surface area contributed by atoms with Crippen molar-refractivity contribution >= 4 is 17.7 Å². The van der Waals surface area contributed by atoms with Gasteiger partial charge in [-0.15, -0.1) is 10.2 Å². The molecule has 122 valence electrons. The molecule has 6 nitrogen and oxygen atoms in total. The number of aromatic nitrogens is 2. The Morgan fingerprint density at radius 3 is 2.91 bits per heavy atom. The second kappa shape index (κ2) is 7.56. The summed E-state index contributed by atoms with van der Waals surface area (Å²) in [6.07, 6.45) is 2.15. The predicted octanol–water partition coefficient (Wildman–Crippen LogP) is 2.26. The van der Waals surface area contributed by atoms with Crippen LogP contribution in [0.2, 0.25) is 0 Å². The molecule has 1 atom stereocenters. The van der Waals surface area contributed by atoms with Crippen molar-refractivity contribution in [2.24, 2.45) is 0 Å². The summed E-state index contributed by atoms with van der Waals surface area (Å²) < 4.78 is 23.8. The van der Waals surface area contributed by atoms with Crippen LogP contribution in [0.1, 0.15) is 12.8 Å². The van der Waals surface area contributed by atoms with Gasteiger partial charge < -0.3 is 14.5 Å². The van der Waals surface area contributed by atoms with Crippen LogP contribution in [0.3, 0.4) is 0 Å². The summed E-state index contributed by atoms with van der Waals surface area (Å²) in [5, 5.41) is 10.9. The molecule has 0 saturated carbocycles. The van der Waals surface area contributed by atoms with Gasteiger partial charge in [-0.25, -0.2) is 4.39 Å². The molecule has 0 spiro atoms. The summed E-state index contributed by atoms with van der Waals surface area (Å²) in [6, 6.07) is 5.77. The fourth-order valence-electron chi connectivity index (χ4n) is 2.19. The van der Waals surface area contributed by atoms with Gasteiger partial charge in [0.15, 0.2) is 0 Å². The van der Waals surface area contributed by atoms with Crippen LogP contribution in [0.15, 0.2) is 33.9 Å². The van der Waals surface area contributed by atoms with E-state index in [1.54, 1.807) is 12.1 Å². The highest BCUT2D eigenvalue weighted by Crippen LogP contribution is 2.23. The molecular weight excluding hydrogens is 321 g/mol. The van der Waals surface area contributed by atoms with Gasteiger partial charge in [-0.3, -0.25) is 4.79 Å². The van der Waals surface area contributed by atoms with Gasteiger partial charge in [0.25, 0.3) is 5.22 Å². The fourth-order valence-corrected chi connectivity index (χ4v) is 2.78. The second-order valence-corrected chi connectivity index (χ2v) is 6.03. The maximum Gasteiger partial charge on any atom is 0.277 e. The molecule has 0 aliphatic carbocycles. The van der Waals surface area contributed by atoms with E-state index in [0.717, 1.165) is 31.2 Å². The first-order valence-electron chi connectivity index (χ1n) is 7.31. The average molecular weight is 337 g/mol. The van der Waals surface area contributed by atoms with Gasteiger partial charge in [-0.2, -0.15) is 0 Å². The van der Waals surface area contributed by atoms with E-state index < -0.39 is 0 Å². The van der Waals surface area contributed by atoms with Crippen molar-refractivity contribution in [3.63, 3.8) is 0 Å². The zero-order chi connectivity index (χ0) is 16.1. The Kier molecular flexibility index (Phi) is 5.24. The highest BCUT2D eigenvalue weighted by molar-refractivity contribution is 7.99. The maximum absolute atomic E-state index is 12.9. The smallest absolute Gasteiger partial charge is 0.277 e. The third-order valence-corrected chi connectivity index (χ3v) is 4.19. The quantitative estimate of drug-likeness (QED) is 0.815. The van der Waals surface area contributed by atoms with Crippen LogP contribution in [0.4, 0.5) is 4.39 Å². The summed E-state index contributed by atoms with van der Waals surface area (Å²) in [7, 11) is 0. The number of nitrogens with zero attached hydrogens (tertiary/aromatic N) is 2. The van der Waals surface area contributed by atoms with Crippen LogP contribution in [0.5, 0.6) is 0 Å². The predicted molar refractivity (Wildman–Crippen MR) is 82.4 cm³/mol. The van der Waals surface area contributed by atoms with E-state index in [0.29, 0.717) is 23.2 Å². The van der Waals surface area contributed by atoms with Crippen molar-refractivity contribution in [1.29, 1.82) is 0 Å². The van der Waals surface area contributed by atoms with Crippen LogP contribution in [-0.4, -0.2) is 41.1 Å². The number of nitrogens with one attached hydrogen (secondary N) is 1. The van der Waals surface area contributed by atoms with E-state index >= 15 is 0 Å². The number of rotatable bonds is 6.